The van der Waals surface area contributed by atoms with E-state index in [1.807, 2.05) is 12.3 Å². The Morgan fingerprint density at radius 1 is 1.21 bits per heavy atom. The Morgan fingerprint density at radius 2 is 2.11 bits per heavy atom. The van der Waals surface area contributed by atoms with Crippen LogP contribution < -0.4 is 5.73 Å². The van der Waals surface area contributed by atoms with Crippen LogP contribution in [0.2, 0.25) is 0 Å². The van der Waals surface area contributed by atoms with Crippen molar-refractivity contribution in [2.75, 3.05) is 0 Å². The van der Waals surface area contributed by atoms with E-state index >= 15 is 0 Å². The summed E-state index contributed by atoms with van der Waals surface area (Å²) in [4.78, 5) is 15.2. The maximum absolute atomic E-state index is 5.82. The van der Waals surface area contributed by atoms with Gasteiger partial charge in [0.05, 0.1) is 29.3 Å². The third-order valence-electron chi connectivity index (χ3n) is 3.89. The summed E-state index contributed by atoms with van der Waals surface area (Å²) in [6.45, 7) is 0. The third-order valence-corrected chi connectivity index (χ3v) is 3.89. The van der Waals surface area contributed by atoms with Gasteiger partial charge in [0, 0.05) is 17.5 Å². The molecule has 4 rings (SSSR count). The maximum Gasteiger partial charge on any atom is 0.109 e. The van der Waals surface area contributed by atoms with Gasteiger partial charge in [-0.25, -0.2) is 9.97 Å². The van der Waals surface area contributed by atoms with Crippen LogP contribution in [0.25, 0.3) is 22.3 Å². The van der Waals surface area contributed by atoms with E-state index in [1.165, 1.54) is 0 Å². The number of H-pyrrole nitrogens is 2. The van der Waals surface area contributed by atoms with Crippen molar-refractivity contribution in [3.63, 3.8) is 0 Å². The highest BCUT2D eigenvalue weighted by molar-refractivity contribution is 5.80. The van der Waals surface area contributed by atoms with Crippen molar-refractivity contribution in [1.29, 1.82) is 0 Å². The van der Waals surface area contributed by atoms with Crippen molar-refractivity contribution in [3.05, 3.63) is 36.5 Å². The van der Waals surface area contributed by atoms with Gasteiger partial charge in [0.25, 0.3) is 0 Å². The molecular formula is C14H15N5. The van der Waals surface area contributed by atoms with E-state index in [4.69, 9.17) is 5.73 Å². The number of aromatic nitrogens is 4. The summed E-state index contributed by atoms with van der Waals surface area (Å²) in [5.74, 6) is 1.56. The van der Waals surface area contributed by atoms with Crippen molar-refractivity contribution in [1.82, 2.24) is 19.9 Å². The number of hydrogen-bond donors (Lipinski definition) is 3. The van der Waals surface area contributed by atoms with Gasteiger partial charge in [-0.3, -0.25) is 0 Å². The molecule has 1 saturated carbocycles. The number of fused-ring (bicyclic) bond motifs is 1. The number of hydrogen-bond acceptors (Lipinski definition) is 3. The Hall–Kier alpha value is -2.14. The molecular weight excluding hydrogens is 238 g/mol. The minimum Gasteiger partial charge on any atom is -0.345 e. The molecule has 1 aliphatic carbocycles. The summed E-state index contributed by atoms with van der Waals surface area (Å²) < 4.78 is 0. The van der Waals surface area contributed by atoms with Crippen LogP contribution in [-0.2, 0) is 0 Å². The number of imidazole rings is 2. The lowest BCUT2D eigenvalue weighted by molar-refractivity contribution is 0.340. The highest BCUT2D eigenvalue weighted by Crippen LogP contribution is 2.34. The summed E-state index contributed by atoms with van der Waals surface area (Å²) in [6.07, 6.45) is 5.68. The molecule has 3 aromatic rings. The molecule has 5 heteroatoms. The number of aromatic amines is 2. The lowest BCUT2D eigenvalue weighted by Crippen LogP contribution is -2.35. The highest BCUT2D eigenvalue weighted by atomic mass is 14.9. The van der Waals surface area contributed by atoms with E-state index in [-0.39, 0.29) is 0 Å². The standard InChI is InChI=1S/C14H15N5/c15-10-3-9(4-10)14-16-6-13(19-14)8-1-2-11-12(5-8)18-7-17-11/h1-2,5-7,9-10H,3-4,15H2,(H,16,19)(H,17,18). The zero-order valence-corrected chi connectivity index (χ0v) is 10.4. The van der Waals surface area contributed by atoms with Crippen LogP contribution in [0.3, 0.4) is 0 Å². The molecule has 2 heterocycles. The van der Waals surface area contributed by atoms with Gasteiger partial charge >= 0.3 is 0 Å². The Bertz CT molecular complexity index is 720. The Labute approximate surface area is 110 Å². The molecule has 2 aromatic heterocycles. The summed E-state index contributed by atoms with van der Waals surface area (Å²) in [5.41, 5.74) is 10.0. The van der Waals surface area contributed by atoms with E-state index in [0.717, 1.165) is 41.0 Å². The molecule has 0 aliphatic heterocycles. The first-order chi connectivity index (χ1) is 9.29. The van der Waals surface area contributed by atoms with Crippen LogP contribution in [0.5, 0.6) is 0 Å². The molecule has 0 saturated heterocycles. The Morgan fingerprint density at radius 3 is 2.95 bits per heavy atom. The number of nitrogens with two attached hydrogens (primary N) is 1. The second kappa shape index (κ2) is 3.93. The molecule has 0 unspecified atom stereocenters. The second-order valence-electron chi connectivity index (χ2n) is 5.24. The van der Waals surface area contributed by atoms with Crippen molar-refractivity contribution in [2.45, 2.75) is 24.8 Å². The van der Waals surface area contributed by atoms with Crippen LogP contribution in [-0.4, -0.2) is 26.0 Å². The van der Waals surface area contributed by atoms with Gasteiger partial charge in [-0.2, -0.15) is 0 Å². The predicted molar refractivity (Wildman–Crippen MR) is 73.6 cm³/mol. The first-order valence-electron chi connectivity index (χ1n) is 6.53. The van der Waals surface area contributed by atoms with Crippen molar-refractivity contribution >= 4 is 11.0 Å². The van der Waals surface area contributed by atoms with Gasteiger partial charge in [0.15, 0.2) is 0 Å². The highest BCUT2D eigenvalue weighted by Gasteiger charge is 2.29. The van der Waals surface area contributed by atoms with Crippen molar-refractivity contribution in [3.8, 4) is 11.3 Å². The molecule has 0 spiro atoms. The van der Waals surface area contributed by atoms with Crippen LogP contribution in [0.15, 0.2) is 30.7 Å². The van der Waals surface area contributed by atoms with Gasteiger partial charge in [-0.15, -0.1) is 0 Å². The fourth-order valence-electron chi connectivity index (χ4n) is 2.68. The molecule has 0 atom stereocenters. The molecule has 0 amide bonds. The zero-order valence-electron chi connectivity index (χ0n) is 10.4. The van der Waals surface area contributed by atoms with Crippen LogP contribution in [0, 0.1) is 0 Å². The van der Waals surface area contributed by atoms with Crippen molar-refractivity contribution in [2.24, 2.45) is 5.73 Å². The lowest BCUT2D eigenvalue weighted by atomic mass is 9.80. The Balaban J connectivity index is 1.67. The fourth-order valence-corrected chi connectivity index (χ4v) is 2.68. The molecule has 0 radical (unpaired) electrons. The second-order valence-corrected chi connectivity index (χ2v) is 5.24. The molecule has 0 bridgehead atoms. The first kappa shape index (κ1) is 10.8. The summed E-state index contributed by atoms with van der Waals surface area (Å²) in [7, 11) is 0. The molecule has 1 aliphatic rings. The van der Waals surface area contributed by atoms with Gasteiger partial charge in [-0.1, -0.05) is 6.07 Å². The first-order valence-corrected chi connectivity index (χ1v) is 6.53. The van der Waals surface area contributed by atoms with Gasteiger partial charge < -0.3 is 15.7 Å². The van der Waals surface area contributed by atoms with Crippen LogP contribution >= 0.6 is 0 Å². The van der Waals surface area contributed by atoms with E-state index in [9.17, 15) is 0 Å². The minimum absolute atomic E-state index is 0.347. The van der Waals surface area contributed by atoms with Crippen LogP contribution in [0.1, 0.15) is 24.6 Å². The summed E-state index contributed by atoms with van der Waals surface area (Å²) >= 11 is 0. The monoisotopic (exact) mass is 253 g/mol. The van der Waals surface area contributed by atoms with Gasteiger partial charge in [0.1, 0.15) is 5.82 Å². The van der Waals surface area contributed by atoms with Gasteiger partial charge in [0.2, 0.25) is 0 Å². The van der Waals surface area contributed by atoms with E-state index in [1.54, 1.807) is 6.33 Å². The van der Waals surface area contributed by atoms with E-state index in [2.05, 4.69) is 32.1 Å². The number of nitrogens with one attached hydrogen (secondary N) is 2. The minimum atomic E-state index is 0.347. The smallest absolute Gasteiger partial charge is 0.109 e. The topological polar surface area (TPSA) is 83.4 Å². The maximum atomic E-state index is 5.82. The summed E-state index contributed by atoms with van der Waals surface area (Å²) in [5, 5.41) is 0. The average Bonchev–Trinajstić information content (AvgIpc) is 3.02. The van der Waals surface area contributed by atoms with E-state index in [0.29, 0.717) is 12.0 Å². The molecule has 4 N–H and O–H groups in total. The predicted octanol–water partition coefficient (Wildman–Crippen LogP) is 2.16. The van der Waals surface area contributed by atoms with Crippen molar-refractivity contribution < 1.29 is 0 Å². The number of nitrogens with zero attached hydrogens (tertiary/aromatic N) is 2. The summed E-state index contributed by atoms with van der Waals surface area (Å²) in [6, 6.07) is 6.51. The normalized spacial score (nSPS) is 22.6. The Kier molecular flexibility index (Phi) is 2.22. The zero-order chi connectivity index (χ0) is 12.8. The largest absolute Gasteiger partial charge is 0.345 e. The SMILES string of the molecule is NC1CC(c2ncc(-c3ccc4nc[nH]c4c3)[nH]2)C1. The molecule has 5 nitrogen and oxygen atoms in total. The molecule has 1 aromatic carbocycles. The average molecular weight is 253 g/mol. The van der Waals surface area contributed by atoms with E-state index < -0.39 is 0 Å². The molecule has 96 valence electrons. The van der Waals surface area contributed by atoms with Gasteiger partial charge in [-0.05, 0) is 25.0 Å². The fraction of sp³-hybridized carbons (Fsp3) is 0.286. The lowest BCUT2D eigenvalue weighted by Gasteiger charge is -2.30. The van der Waals surface area contributed by atoms with Crippen LogP contribution in [0.4, 0.5) is 0 Å². The molecule has 1 fully saturated rings. The third kappa shape index (κ3) is 1.74. The number of rotatable bonds is 2. The number of benzene rings is 1. The quantitative estimate of drug-likeness (QED) is 0.654. The molecule has 19 heavy (non-hydrogen) atoms.